The Labute approximate surface area is 112 Å². The minimum absolute atomic E-state index is 0.0843. The Morgan fingerprint density at radius 3 is 2.33 bits per heavy atom. The summed E-state index contributed by atoms with van der Waals surface area (Å²) < 4.78 is 0. The first-order valence-electron chi connectivity index (χ1n) is 7.35. The first-order valence-corrected chi connectivity index (χ1v) is 7.35. The third kappa shape index (κ3) is 4.97. The van der Waals surface area contributed by atoms with Gasteiger partial charge in [0.1, 0.15) is 0 Å². The number of amides is 1. The van der Waals surface area contributed by atoms with E-state index in [1.165, 1.54) is 25.7 Å². The van der Waals surface area contributed by atoms with Gasteiger partial charge in [-0.1, -0.05) is 13.8 Å². The van der Waals surface area contributed by atoms with Gasteiger partial charge in [-0.3, -0.25) is 9.69 Å². The molecule has 1 aliphatic rings. The Hall–Kier alpha value is -0.570. The van der Waals surface area contributed by atoms with E-state index >= 15 is 0 Å². The zero-order chi connectivity index (χ0) is 13.8. The largest absolute Gasteiger partial charge is 0.350 e. The van der Waals surface area contributed by atoms with Crippen LogP contribution in [0.1, 0.15) is 59.8 Å². The fraction of sp³-hybridized carbons (Fsp3) is 0.933. The van der Waals surface area contributed by atoms with Crippen molar-refractivity contribution in [3.8, 4) is 0 Å². The highest BCUT2D eigenvalue weighted by molar-refractivity contribution is 5.78. The molecule has 3 nitrogen and oxygen atoms in total. The highest BCUT2D eigenvalue weighted by Gasteiger charge is 2.24. The lowest BCUT2D eigenvalue weighted by Crippen LogP contribution is -2.48. The van der Waals surface area contributed by atoms with Crippen LogP contribution in [0.3, 0.4) is 0 Å². The van der Waals surface area contributed by atoms with Crippen molar-refractivity contribution >= 4 is 5.91 Å². The molecule has 18 heavy (non-hydrogen) atoms. The lowest BCUT2D eigenvalue weighted by molar-refractivity contribution is -0.124. The van der Waals surface area contributed by atoms with E-state index in [0.29, 0.717) is 12.6 Å². The second-order valence-electron chi connectivity index (χ2n) is 6.61. The zero-order valence-electron chi connectivity index (χ0n) is 12.8. The van der Waals surface area contributed by atoms with Crippen LogP contribution in [0.4, 0.5) is 0 Å². The minimum atomic E-state index is -0.0843. The fourth-order valence-corrected chi connectivity index (χ4v) is 2.54. The average molecular weight is 254 g/mol. The summed E-state index contributed by atoms with van der Waals surface area (Å²) in [6, 6.07) is 0.594. The molecule has 1 fully saturated rings. The summed E-state index contributed by atoms with van der Waals surface area (Å²) in [4.78, 5) is 14.2. The lowest BCUT2D eigenvalue weighted by Gasteiger charge is -2.34. The highest BCUT2D eigenvalue weighted by atomic mass is 16.2. The van der Waals surface area contributed by atoms with E-state index in [0.717, 1.165) is 12.3 Å². The van der Waals surface area contributed by atoms with Crippen LogP contribution in [0.25, 0.3) is 0 Å². The number of hydrogen-bond donors (Lipinski definition) is 1. The van der Waals surface area contributed by atoms with Gasteiger partial charge in [0.25, 0.3) is 0 Å². The normalized spacial score (nSPS) is 25.2. The summed E-state index contributed by atoms with van der Waals surface area (Å²) in [5.74, 6) is 1.02. The van der Waals surface area contributed by atoms with Crippen LogP contribution < -0.4 is 5.32 Å². The van der Waals surface area contributed by atoms with Gasteiger partial charge in [-0.2, -0.15) is 0 Å². The summed E-state index contributed by atoms with van der Waals surface area (Å²) in [7, 11) is 2.08. The monoisotopic (exact) mass is 254 g/mol. The molecular weight excluding hydrogens is 224 g/mol. The quantitative estimate of drug-likeness (QED) is 0.818. The van der Waals surface area contributed by atoms with E-state index in [9.17, 15) is 4.79 Å². The predicted molar refractivity (Wildman–Crippen MR) is 76.6 cm³/mol. The maximum absolute atomic E-state index is 12.0. The number of nitrogens with zero attached hydrogens (tertiary/aromatic N) is 1. The standard InChI is InChI=1S/C15H30N2O/c1-6-15(3,4)16-14(18)11-17(5)13-9-7-12(2)8-10-13/h12-13H,6-11H2,1-5H3,(H,16,18). The maximum atomic E-state index is 12.0. The lowest BCUT2D eigenvalue weighted by atomic mass is 9.87. The maximum Gasteiger partial charge on any atom is 0.234 e. The average Bonchev–Trinajstić information content (AvgIpc) is 2.29. The molecule has 3 heteroatoms. The summed E-state index contributed by atoms with van der Waals surface area (Å²) >= 11 is 0. The first kappa shape index (κ1) is 15.5. The Morgan fingerprint density at radius 2 is 1.83 bits per heavy atom. The Morgan fingerprint density at radius 1 is 1.28 bits per heavy atom. The van der Waals surface area contributed by atoms with Gasteiger partial charge in [-0.25, -0.2) is 0 Å². The molecule has 0 aliphatic heterocycles. The minimum Gasteiger partial charge on any atom is -0.350 e. The number of nitrogens with one attached hydrogen (secondary N) is 1. The molecule has 1 rings (SSSR count). The van der Waals surface area contributed by atoms with Gasteiger partial charge in [-0.15, -0.1) is 0 Å². The zero-order valence-corrected chi connectivity index (χ0v) is 12.8. The van der Waals surface area contributed by atoms with Crippen molar-refractivity contribution in [2.75, 3.05) is 13.6 Å². The van der Waals surface area contributed by atoms with E-state index in [-0.39, 0.29) is 11.4 Å². The van der Waals surface area contributed by atoms with Gasteiger partial charge in [0.15, 0.2) is 0 Å². The van der Waals surface area contributed by atoms with Crippen LogP contribution >= 0.6 is 0 Å². The molecule has 1 aliphatic carbocycles. The number of rotatable bonds is 5. The highest BCUT2D eigenvalue weighted by Crippen LogP contribution is 2.26. The van der Waals surface area contributed by atoms with Gasteiger partial charge >= 0.3 is 0 Å². The Kier molecular flexibility index (Phi) is 5.64. The van der Waals surface area contributed by atoms with E-state index in [2.05, 4.69) is 45.0 Å². The van der Waals surface area contributed by atoms with Crippen molar-refractivity contribution < 1.29 is 4.79 Å². The molecule has 0 radical (unpaired) electrons. The molecule has 0 atom stereocenters. The van der Waals surface area contributed by atoms with Gasteiger partial charge < -0.3 is 5.32 Å². The van der Waals surface area contributed by atoms with E-state index in [1.54, 1.807) is 0 Å². The van der Waals surface area contributed by atoms with E-state index in [4.69, 9.17) is 0 Å². The van der Waals surface area contributed by atoms with Crippen LogP contribution in [0.2, 0.25) is 0 Å². The van der Waals surface area contributed by atoms with Crippen molar-refractivity contribution in [1.82, 2.24) is 10.2 Å². The van der Waals surface area contributed by atoms with Gasteiger partial charge in [-0.05, 0) is 58.9 Å². The molecule has 0 aromatic carbocycles. The van der Waals surface area contributed by atoms with Crippen molar-refractivity contribution in [2.45, 2.75) is 71.4 Å². The Balaban J connectivity index is 2.35. The van der Waals surface area contributed by atoms with Gasteiger partial charge in [0, 0.05) is 11.6 Å². The van der Waals surface area contributed by atoms with E-state index in [1.807, 2.05) is 0 Å². The van der Waals surface area contributed by atoms with Crippen molar-refractivity contribution in [1.29, 1.82) is 0 Å². The van der Waals surface area contributed by atoms with Crippen molar-refractivity contribution in [2.24, 2.45) is 5.92 Å². The molecular formula is C15H30N2O. The number of hydrogen-bond acceptors (Lipinski definition) is 2. The molecule has 0 unspecified atom stereocenters. The van der Waals surface area contributed by atoms with Crippen molar-refractivity contribution in [3.05, 3.63) is 0 Å². The van der Waals surface area contributed by atoms with E-state index < -0.39 is 0 Å². The molecule has 0 spiro atoms. The van der Waals surface area contributed by atoms with Crippen LogP contribution in [-0.4, -0.2) is 36.0 Å². The fourth-order valence-electron chi connectivity index (χ4n) is 2.54. The molecule has 0 aromatic rings. The van der Waals surface area contributed by atoms with Gasteiger partial charge in [0.2, 0.25) is 5.91 Å². The molecule has 1 saturated carbocycles. The predicted octanol–water partition coefficient (Wildman–Crippen LogP) is 2.80. The summed E-state index contributed by atoms with van der Waals surface area (Å²) in [5.41, 5.74) is -0.0843. The third-order valence-corrected chi connectivity index (χ3v) is 4.36. The molecule has 0 aromatic heterocycles. The Bertz CT molecular complexity index is 268. The number of carbonyl (C=O) groups excluding carboxylic acids is 1. The first-order chi connectivity index (χ1) is 8.34. The smallest absolute Gasteiger partial charge is 0.234 e. The number of likely N-dealkylation sites (N-methyl/N-ethyl adjacent to an activating group) is 1. The van der Waals surface area contributed by atoms with Crippen LogP contribution in [0, 0.1) is 5.92 Å². The van der Waals surface area contributed by atoms with Crippen LogP contribution in [0.5, 0.6) is 0 Å². The molecule has 1 N–H and O–H groups in total. The molecule has 0 saturated heterocycles. The molecule has 0 heterocycles. The second kappa shape index (κ2) is 6.55. The summed E-state index contributed by atoms with van der Waals surface area (Å²) in [5, 5.41) is 3.10. The molecule has 106 valence electrons. The van der Waals surface area contributed by atoms with Crippen LogP contribution in [-0.2, 0) is 4.79 Å². The summed E-state index contributed by atoms with van der Waals surface area (Å²) in [6.45, 7) is 9.11. The number of carbonyl (C=O) groups is 1. The van der Waals surface area contributed by atoms with Crippen molar-refractivity contribution in [3.63, 3.8) is 0 Å². The second-order valence-corrected chi connectivity index (χ2v) is 6.61. The van der Waals surface area contributed by atoms with Crippen LogP contribution in [0.15, 0.2) is 0 Å². The van der Waals surface area contributed by atoms with Gasteiger partial charge in [0.05, 0.1) is 6.54 Å². The SMILES string of the molecule is CCC(C)(C)NC(=O)CN(C)C1CCC(C)CC1. The molecule has 0 bridgehead atoms. The summed E-state index contributed by atoms with van der Waals surface area (Å²) in [6.07, 6.45) is 6.04. The topological polar surface area (TPSA) is 32.3 Å². The molecule has 1 amide bonds. The third-order valence-electron chi connectivity index (χ3n) is 4.36.